The summed E-state index contributed by atoms with van der Waals surface area (Å²) in [5.41, 5.74) is 5.79. The number of likely N-dealkylation sites (N-methyl/N-ethyl adjacent to an activating group) is 1. The minimum atomic E-state index is -0.256. The molecule has 0 aromatic carbocycles. The molecule has 0 bridgehead atoms. The first-order valence-electron chi connectivity index (χ1n) is 5.01. The predicted octanol–water partition coefficient (Wildman–Crippen LogP) is 0.674. The molecule has 0 spiro atoms. The zero-order chi connectivity index (χ0) is 10.5. The molecule has 3 N–H and O–H groups in total. The molecule has 0 radical (unpaired) electrons. The highest BCUT2D eigenvalue weighted by Crippen LogP contribution is 2.14. The van der Waals surface area contributed by atoms with Crippen LogP contribution in [0.25, 0.3) is 0 Å². The molecule has 13 heavy (non-hydrogen) atoms. The molecule has 1 unspecified atom stereocenters. The van der Waals surface area contributed by atoms with Crippen molar-refractivity contribution in [3.05, 3.63) is 0 Å². The number of aliphatic hydroxyl groups is 1. The van der Waals surface area contributed by atoms with Crippen molar-refractivity contribution in [2.75, 3.05) is 26.2 Å². The van der Waals surface area contributed by atoms with Crippen LogP contribution in [0, 0.1) is 5.41 Å². The Hall–Kier alpha value is -0.120. The summed E-state index contributed by atoms with van der Waals surface area (Å²) in [7, 11) is 0. The van der Waals surface area contributed by atoms with Gasteiger partial charge in [0, 0.05) is 13.1 Å². The molecule has 0 aliphatic rings. The van der Waals surface area contributed by atoms with Gasteiger partial charge >= 0.3 is 0 Å². The van der Waals surface area contributed by atoms with Gasteiger partial charge in [-0.1, -0.05) is 20.8 Å². The van der Waals surface area contributed by atoms with E-state index in [9.17, 15) is 5.11 Å². The second kappa shape index (κ2) is 5.58. The Kier molecular flexibility index (Phi) is 5.53. The summed E-state index contributed by atoms with van der Waals surface area (Å²) in [6.45, 7) is 11.6. The fourth-order valence-electron chi connectivity index (χ4n) is 1.35. The zero-order valence-corrected chi connectivity index (χ0v) is 9.38. The number of nitrogens with two attached hydrogens (primary N) is 1. The van der Waals surface area contributed by atoms with Crippen LogP contribution in [0.5, 0.6) is 0 Å². The summed E-state index contributed by atoms with van der Waals surface area (Å²) in [5.74, 6) is 0. The van der Waals surface area contributed by atoms with Crippen molar-refractivity contribution in [2.45, 2.75) is 33.8 Å². The third-order valence-electron chi connectivity index (χ3n) is 2.17. The van der Waals surface area contributed by atoms with Crippen molar-refractivity contribution in [1.29, 1.82) is 0 Å². The Morgan fingerprint density at radius 1 is 1.46 bits per heavy atom. The smallest absolute Gasteiger partial charge is 0.0639 e. The van der Waals surface area contributed by atoms with Crippen LogP contribution in [0.2, 0.25) is 0 Å². The highest BCUT2D eigenvalue weighted by Gasteiger charge is 2.19. The molecule has 1 atom stereocenters. The van der Waals surface area contributed by atoms with Crippen molar-refractivity contribution in [3.63, 3.8) is 0 Å². The van der Waals surface area contributed by atoms with Crippen molar-refractivity contribution < 1.29 is 5.11 Å². The van der Waals surface area contributed by atoms with Gasteiger partial charge in [0.05, 0.1) is 6.10 Å². The van der Waals surface area contributed by atoms with Gasteiger partial charge in [-0.2, -0.15) is 0 Å². The summed E-state index contributed by atoms with van der Waals surface area (Å²) in [6, 6.07) is 0. The van der Waals surface area contributed by atoms with Gasteiger partial charge in [-0.25, -0.2) is 0 Å². The summed E-state index contributed by atoms with van der Waals surface area (Å²) in [4.78, 5) is 2.23. The van der Waals surface area contributed by atoms with Crippen molar-refractivity contribution in [2.24, 2.45) is 11.1 Å². The normalized spacial score (nSPS) is 15.0. The number of hydrogen-bond donors (Lipinski definition) is 2. The van der Waals surface area contributed by atoms with Gasteiger partial charge < -0.3 is 15.7 Å². The summed E-state index contributed by atoms with van der Waals surface area (Å²) >= 11 is 0. The average molecular weight is 188 g/mol. The van der Waals surface area contributed by atoms with Gasteiger partial charge in [0.2, 0.25) is 0 Å². The quantitative estimate of drug-likeness (QED) is 0.644. The standard InChI is InChI=1S/C10H24N2O/c1-5-12(6-9(2)13)8-10(3,4)7-11/h9,13H,5-8,11H2,1-4H3. The molecule has 0 amide bonds. The van der Waals surface area contributed by atoms with Crippen LogP contribution >= 0.6 is 0 Å². The van der Waals surface area contributed by atoms with Gasteiger partial charge in [0.25, 0.3) is 0 Å². The lowest BCUT2D eigenvalue weighted by molar-refractivity contribution is 0.104. The number of nitrogens with zero attached hydrogens (tertiary/aromatic N) is 1. The van der Waals surface area contributed by atoms with E-state index in [1.54, 1.807) is 0 Å². The van der Waals surface area contributed by atoms with E-state index in [0.29, 0.717) is 6.54 Å². The summed E-state index contributed by atoms with van der Waals surface area (Å²) in [6.07, 6.45) is -0.256. The van der Waals surface area contributed by atoms with Gasteiger partial charge in [-0.15, -0.1) is 0 Å². The summed E-state index contributed by atoms with van der Waals surface area (Å²) in [5, 5.41) is 9.25. The molecule has 0 rings (SSSR count). The highest BCUT2D eigenvalue weighted by atomic mass is 16.3. The molecule has 0 aromatic heterocycles. The minimum absolute atomic E-state index is 0.144. The second-order valence-electron chi connectivity index (χ2n) is 4.55. The maximum Gasteiger partial charge on any atom is 0.0639 e. The third-order valence-corrected chi connectivity index (χ3v) is 2.17. The lowest BCUT2D eigenvalue weighted by Crippen LogP contribution is -2.41. The van der Waals surface area contributed by atoms with Crippen LogP contribution < -0.4 is 5.73 Å². The Bertz CT molecular complexity index is 135. The van der Waals surface area contributed by atoms with E-state index < -0.39 is 0 Å². The monoisotopic (exact) mass is 188 g/mol. The van der Waals surface area contributed by atoms with E-state index in [1.165, 1.54) is 0 Å². The van der Waals surface area contributed by atoms with Crippen molar-refractivity contribution in [1.82, 2.24) is 4.90 Å². The molecule has 0 aliphatic heterocycles. The lowest BCUT2D eigenvalue weighted by atomic mass is 9.93. The number of rotatable bonds is 6. The van der Waals surface area contributed by atoms with Crippen LogP contribution in [0.4, 0.5) is 0 Å². The van der Waals surface area contributed by atoms with Crippen LogP contribution in [-0.2, 0) is 0 Å². The van der Waals surface area contributed by atoms with Crippen LogP contribution in [0.3, 0.4) is 0 Å². The number of aliphatic hydroxyl groups excluding tert-OH is 1. The van der Waals surface area contributed by atoms with Gasteiger partial charge in [0.15, 0.2) is 0 Å². The van der Waals surface area contributed by atoms with Gasteiger partial charge in [-0.3, -0.25) is 0 Å². The molecule has 0 saturated heterocycles. The molecule has 80 valence electrons. The van der Waals surface area contributed by atoms with Crippen molar-refractivity contribution in [3.8, 4) is 0 Å². The van der Waals surface area contributed by atoms with Crippen molar-refractivity contribution >= 4 is 0 Å². The third kappa shape index (κ3) is 6.02. The van der Waals surface area contributed by atoms with E-state index in [4.69, 9.17) is 5.73 Å². The average Bonchev–Trinajstić information content (AvgIpc) is 2.02. The summed E-state index contributed by atoms with van der Waals surface area (Å²) < 4.78 is 0. The number of hydrogen-bond acceptors (Lipinski definition) is 3. The first kappa shape index (κ1) is 12.9. The van der Waals surface area contributed by atoms with Gasteiger partial charge in [-0.05, 0) is 25.4 Å². The van der Waals surface area contributed by atoms with E-state index in [2.05, 4.69) is 25.7 Å². The first-order valence-corrected chi connectivity index (χ1v) is 5.01. The van der Waals surface area contributed by atoms with E-state index in [1.807, 2.05) is 6.92 Å². The topological polar surface area (TPSA) is 49.5 Å². The molecule has 0 fully saturated rings. The maximum atomic E-state index is 9.25. The van der Waals surface area contributed by atoms with E-state index in [0.717, 1.165) is 19.6 Å². The van der Waals surface area contributed by atoms with Crippen LogP contribution in [-0.4, -0.2) is 42.3 Å². The van der Waals surface area contributed by atoms with E-state index >= 15 is 0 Å². The molecule has 3 heteroatoms. The Morgan fingerprint density at radius 3 is 2.31 bits per heavy atom. The SMILES string of the molecule is CCN(CC(C)O)CC(C)(C)CN. The molecule has 0 heterocycles. The van der Waals surface area contributed by atoms with Crippen LogP contribution in [0.1, 0.15) is 27.7 Å². The molecule has 3 nitrogen and oxygen atoms in total. The van der Waals surface area contributed by atoms with E-state index in [-0.39, 0.29) is 11.5 Å². The Labute approximate surface area is 81.9 Å². The minimum Gasteiger partial charge on any atom is -0.392 e. The fraction of sp³-hybridized carbons (Fsp3) is 1.00. The Morgan fingerprint density at radius 2 is 2.00 bits per heavy atom. The maximum absolute atomic E-state index is 9.25. The molecular weight excluding hydrogens is 164 g/mol. The largest absolute Gasteiger partial charge is 0.392 e. The molecule has 0 saturated carbocycles. The molecule has 0 aliphatic carbocycles. The zero-order valence-electron chi connectivity index (χ0n) is 9.38. The molecule has 0 aromatic rings. The first-order chi connectivity index (χ1) is 5.91. The highest BCUT2D eigenvalue weighted by molar-refractivity contribution is 4.74. The molecular formula is C10H24N2O. The fourth-order valence-corrected chi connectivity index (χ4v) is 1.35. The van der Waals surface area contributed by atoms with Crippen LogP contribution in [0.15, 0.2) is 0 Å². The second-order valence-corrected chi connectivity index (χ2v) is 4.55. The predicted molar refractivity (Wildman–Crippen MR) is 56.6 cm³/mol. The Balaban J connectivity index is 3.97. The lowest BCUT2D eigenvalue weighted by Gasteiger charge is -2.31. The van der Waals surface area contributed by atoms with Gasteiger partial charge in [0.1, 0.15) is 0 Å².